The van der Waals surface area contributed by atoms with Crippen LogP contribution in [-0.2, 0) is 28.6 Å². The van der Waals surface area contributed by atoms with Gasteiger partial charge in [-0.3, -0.25) is 9.59 Å². The number of hydrogen-bond acceptors (Lipinski definition) is 6. The van der Waals surface area contributed by atoms with E-state index < -0.39 is 18.1 Å². The van der Waals surface area contributed by atoms with Gasteiger partial charge in [0.15, 0.2) is 12.1 Å². The molecule has 8 heteroatoms. The number of esters is 2. The molecule has 1 N–H and O–H groups in total. The van der Waals surface area contributed by atoms with Gasteiger partial charge in [0, 0.05) is 19.3 Å². The number of nitrogens with zero attached hydrogens (tertiary/aromatic N) is 1. The van der Waals surface area contributed by atoms with Crippen molar-refractivity contribution in [1.29, 1.82) is 0 Å². The summed E-state index contributed by atoms with van der Waals surface area (Å²) in [5.74, 6) is -1.47. The summed E-state index contributed by atoms with van der Waals surface area (Å²) >= 11 is 0. The monoisotopic (exact) mass is 979 g/mol. The van der Waals surface area contributed by atoms with Gasteiger partial charge in [-0.05, 0) is 83.5 Å². The number of carbonyl (C=O) groups is 3. The van der Waals surface area contributed by atoms with E-state index in [0.29, 0.717) is 19.3 Å². The zero-order valence-electron chi connectivity index (χ0n) is 46.0. The van der Waals surface area contributed by atoms with Gasteiger partial charge in [0.1, 0.15) is 6.61 Å². The Labute approximate surface area is 431 Å². The Balaban J connectivity index is 4.17. The fourth-order valence-corrected chi connectivity index (χ4v) is 8.22. The van der Waals surface area contributed by atoms with E-state index in [0.717, 1.165) is 83.5 Å². The fraction of sp³-hybridized carbons (Fsp3) is 0.726. The molecule has 402 valence electrons. The lowest BCUT2D eigenvalue weighted by Gasteiger charge is -2.31. The molecule has 0 rings (SSSR count). The zero-order valence-corrected chi connectivity index (χ0v) is 46.0. The maximum absolute atomic E-state index is 12.8. The molecule has 0 aliphatic carbocycles. The first-order chi connectivity index (χ1) is 34.1. The molecule has 0 heterocycles. The first-order valence-corrected chi connectivity index (χ1v) is 28.6. The summed E-state index contributed by atoms with van der Waals surface area (Å²) in [4.78, 5) is 37.3. The number of carboxylic acid groups (broad SMARTS) is 1. The summed E-state index contributed by atoms with van der Waals surface area (Å²) < 4.78 is 17.4. The van der Waals surface area contributed by atoms with Crippen molar-refractivity contribution in [3.8, 4) is 0 Å². The maximum atomic E-state index is 12.8. The molecule has 0 aromatic heterocycles. The van der Waals surface area contributed by atoms with Gasteiger partial charge in [-0.25, -0.2) is 4.79 Å². The number of unbranched alkanes of at least 4 members (excludes halogenated alkanes) is 23. The third kappa shape index (κ3) is 49.5. The molecule has 0 aromatic rings. The van der Waals surface area contributed by atoms with Gasteiger partial charge < -0.3 is 23.8 Å². The molecule has 0 saturated carbocycles. The average Bonchev–Trinajstić information content (AvgIpc) is 3.33. The van der Waals surface area contributed by atoms with E-state index >= 15 is 0 Å². The summed E-state index contributed by atoms with van der Waals surface area (Å²) in [6, 6.07) is -0.620. The molecule has 0 spiro atoms. The Kier molecular flexibility index (Phi) is 49.3. The summed E-state index contributed by atoms with van der Waals surface area (Å²) in [6.45, 7) is 4.53. The first kappa shape index (κ1) is 66.5. The van der Waals surface area contributed by atoms with Crippen LogP contribution in [0.4, 0.5) is 0 Å². The fourth-order valence-electron chi connectivity index (χ4n) is 8.22. The molecule has 0 aliphatic rings. The van der Waals surface area contributed by atoms with Gasteiger partial charge in [-0.2, -0.15) is 0 Å². The van der Waals surface area contributed by atoms with Crippen molar-refractivity contribution >= 4 is 17.9 Å². The van der Waals surface area contributed by atoms with Crippen LogP contribution in [0.3, 0.4) is 0 Å². The zero-order chi connectivity index (χ0) is 51.3. The van der Waals surface area contributed by atoms with E-state index in [-0.39, 0.29) is 36.2 Å². The molecule has 70 heavy (non-hydrogen) atoms. The van der Waals surface area contributed by atoms with Crippen molar-refractivity contribution < 1.29 is 38.2 Å². The minimum absolute atomic E-state index is 0.0557. The first-order valence-electron chi connectivity index (χ1n) is 28.6. The second-order valence-electron chi connectivity index (χ2n) is 20.1. The SMILES string of the molecule is CC/C=C/C/C=C/C/C=C/C/C=C/CCCCCCCCCCCCC(=O)OC(COCCC(C(=O)O)[N+](C)(C)C)COC(=O)CCCCCCCCCCCCCCC/C=C/C/C=C/C/C=C/CC. The molecule has 0 amide bonds. The van der Waals surface area contributed by atoms with Gasteiger partial charge in [0.05, 0.1) is 34.4 Å². The highest BCUT2D eigenvalue weighted by molar-refractivity contribution is 5.72. The Bertz CT molecular complexity index is 1420. The van der Waals surface area contributed by atoms with E-state index in [1.54, 1.807) is 0 Å². The van der Waals surface area contributed by atoms with Crippen LogP contribution in [0.5, 0.6) is 0 Å². The highest BCUT2D eigenvalue weighted by atomic mass is 16.6. The van der Waals surface area contributed by atoms with Crippen molar-refractivity contribution in [2.45, 2.75) is 251 Å². The Morgan fingerprint density at radius 2 is 0.757 bits per heavy atom. The predicted octanol–water partition coefficient (Wildman–Crippen LogP) is 17.2. The number of ether oxygens (including phenoxy) is 3. The van der Waals surface area contributed by atoms with Gasteiger partial charge in [0.2, 0.25) is 0 Å². The van der Waals surface area contributed by atoms with Crippen molar-refractivity contribution in [2.24, 2.45) is 0 Å². The van der Waals surface area contributed by atoms with Gasteiger partial charge in [0.25, 0.3) is 0 Å². The molecular weight excluding hydrogens is 871 g/mol. The van der Waals surface area contributed by atoms with Crippen LogP contribution in [-0.4, -0.2) is 80.6 Å². The molecule has 0 fully saturated rings. The number of carbonyl (C=O) groups excluding carboxylic acids is 2. The number of aliphatic carboxylic acids is 1. The number of quaternary nitrogens is 1. The molecular formula is C62H108NO7+. The van der Waals surface area contributed by atoms with Gasteiger partial charge in [-0.1, -0.05) is 221 Å². The maximum Gasteiger partial charge on any atom is 0.362 e. The second kappa shape index (κ2) is 51.9. The minimum Gasteiger partial charge on any atom is -0.477 e. The van der Waals surface area contributed by atoms with Gasteiger partial charge in [-0.15, -0.1) is 0 Å². The van der Waals surface area contributed by atoms with Crippen LogP contribution in [0.1, 0.15) is 239 Å². The van der Waals surface area contributed by atoms with E-state index in [4.69, 9.17) is 14.2 Å². The smallest absolute Gasteiger partial charge is 0.362 e. The third-order valence-electron chi connectivity index (χ3n) is 12.5. The topological polar surface area (TPSA) is 99.1 Å². The Morgan fingerprint density at radius 3 is 1.11 bits per heavy atom. The van der Waals surface area contributed by atoms with Gasteiger partial charge >= 0.3 is 17.9 Å². The average molecular weight is 980 g/mol. The number of rotatable bonds is 51. The van der Waals surface area contributed by atoms with E-state index in [9.17, 15) is 19.5 Å². The summed E-state index contributed by atoms with van der Waals surface area (Å²) in [7, 11) is 5.54. The lowest BCUT2D eigenvalue weighted by molar-refractivity contribution is -0.887. The Morgan fingerprint density at radius 1 is 0.429 bits per heavy atom. The highest BCUT2D eigenvalue weighted by Crippen LogP contribution is 2.16. The standard InChI is InChI=1S/C62H107NO7/c1-6-8-10-12-14-16-18-20-22-24-26-28-30-32-34-36-38-40-42-44-46-48-50-52-60(64)69-57-58(56-68-55-54-59(62(66)67)63(3,4)5)70-61(65)53-51-49-47-45-43-41-39-37-35-33-31-29-27-25-23-21-19-17-15-13-11-9-7-2/h8-11,14-17,20-23,27,29,58-59H,6-7,12-13,18-19,24-26,28,30-57H2,1-5H3/p+1/b10-8+,11-9+,16-14+,17-15+,22-20+,23-21+,29-27+. The highest BCUT2D eigenvalue weighted by Gasteiger charge is 2.31. The van der Waals surface area contributed by atoms with Crippen molar-refractivity contribution in [3.05, 3.63) is 85.1 Å². The summed E-state index contributed by atoms with van der Waals surface area (Å²) in [5.41, 5.74) is 0. The lowest BCUT2D eigenvalue weighted by Crippen LogP contribution is -2.50. The number of likely N-dealkylation sites (N-methyl/N-ethyl adjacent to an activating group) is 1. The van der Waals surface area contributed by atoms with Crippen LogP contribution in [0.25, 0.3) is 0 Å². The number of hydrogen-bond donors (Lipinski definition) is 1. The molecule has 2 unspecified atom stereocenters. The molecule has 0 aliphatic heterocycles. The van der Waals surface area contributed by atoms with Crippen molar-refractivity contribution in [3.63, 3.8) is 0 Å². The quantitative estimate of drug-likeness (QED) is 0.0280. The van der Waals surface area contributed by atoms with Crippen LogP contribution >= 0.6 is 0 Å². The van der Waals surface area contributed by atoms with Crippen LogP contribution in [0.2, 0.25) is 0 Å². The summed E-state index contributed by atoms with van der Waals surface area (Å²) in [6.07, 6.45) is 69.3. The largest absolute Gasteiger partial charge is 0.477 e. The lowest BCUT2D eigenvalue weighted by atomic mass is 10.0. The molecule has 2 atom stereocenters. The molecule has 0 aromatic carbocycles. The third-order valence-corrected chi connectivity index (χ3v) is 12.5. The van der Waals surface area contributed by atoms with Crippen LogP contribution in [0, 0.1) is 0 Å². The second-order valence-corrected chi connectivity index (χ2v) is 20.1. The van der Waals surface area contributed by atoms with Crippen molar-refractivity contribution in [2.75, 3.05) is 41.0 Å². The normalized spacial score (nSPS) is 13.4. The predicted molar refractivity (Wildman–Crippen MR) is 298 cm³/mol. The van der Waals surface area contributed by atoms with E-state index in [2.05, 4.69) is 98.9 Å². The molecule has 0 saturated heterocycles. The van der Waals surface area contributed by atoms with Crippen molar-refractivity contribution in [1.82, 2.24) is 0 Å². The molecule has 0 radical (unpaired) electrons. The minimum atomic E-state index is -0.876. The number of carboxylic acids is 1. The summed E-state index contributed by atoms with van der Waals surface area (Å²) in [5, 5.41) is 9.68. The van der Waals surface area contributed by atoms with E-state index in [1.165, 1.54) is 122 Å². The van der Waals surface area contributed by atoms with Crippen LogP contribution in [0.15, 0.2) is 85.1 Å². The molecule has 0 bridgehead atoms. The Hall–Kier alpha value is -3.49. The van der Waals surface area contributed by atoms with Crippen LogP contribution < -0.4 is 0 Å². The van der Waals surface area contributed by atoms with E-state index in [1.807, 2.05) is 21.1 Å². The number of allylic oxidation sites excluding steroid dienone is 14. The molecule has 8 nitrogen and oxygen atoms in total.